The molecule has 1 unspecified atom stereocenters. The number of rotatable bonds is 3. The molecule has 0 fully saturated rings. The molecular formula is C18H19NO. The molecular weight excluding hydrogens is 246 g/mol. The van der Waals surface area contributed by atoms with Crippen LogP contribution >= 0.6 is 0 Å². The van der Waals surface area contributed by atoms with Gasteiger partial charge in [-0.2, -0.15) is 5.26 Å². The van der Waals surface area contributed by atoms with E-state index in [4.69, 9.17) is 5.26 Å². The van der Waals surface area contributed by atoms with Crippen molar-refractivity contribution in [1.29, 1.82) is 5.26 Å². The molecule has 0 saturated heterocycles. The van der Waals surface area contributed by atoms with E-state index in [1.54, 1.807) is 25.1 Å². The van der Waals surface area contributed by atoms with Crippen LogP contribution in [0.3, 0.4) is 0 Å². The van der Waals surface area contributed by atoms with E-state index in [1.165, 1.54) is 5.56 Å². The first-order valence-corrected chi connectivity index (χ1v) is 6.78. The fourth-order valence-electron chi connectivity index (χ4n) is 2.25. The van der Waals surface area contributed by atoms with Crippen LogP contribution in [0.4, 0.5) is 0 Å². The number of aliphatic hydroxyl groups is 1. The molecule has 2 aromatic rings. The quantitative estimate of drug-likeness (QED) is 0.913. The van der Waals surface area contributed by atoms with Crippen LogP contribution in [0.1, 0.15) is 48.9 Å². The van der Waals surface area contributed by atoms with Gasteiger partial charge in [-0.05, 0) is 41.7 Å². The van der Waals surface area contributed by atoms with Gasteiger partial charge in [0.2, 0.25) is 0 Å². The molecule has 1 N–H and O–H groups in total. The van der Waals surface area contributed by atoms with Gasteiger partial charge in [-0.25, -0.2) is 0 Å². The van der Waals surface area contributed by atoms with Gasteiger partial charge in [0, 0.05) is 0 Å². The fourth-order valence-corrected chi connectivity index (χ4v) is 2.25. The number of hydrogen-bond acceptors (Lipinski definition) is 2. The van der Waals surface area contributed by atoms with E-state index in [0.717, 1.165) is 11.1 Å². The van der Waals surface area contributed by atoms with Gasteiger partial charge in [-0.3, -0.25) is 0 Å². The molecule has 0 aliphatic rings. The summed E-state index contributed by atoms with van der Waals surface area (Å²) in [7, 11) is 0. The molecule has 0 bridgehead atoms. The topological polar surface area (TPSA) is 44.0 Å². The van der Waals surface area contributed by atoms with Gasteiger partial charge in [0.15, 0.2) is 0 Å². The molecule has 0 aliphatic heterocycles. The summed E-state index contributed by atoms with van der Waals surface area (Å²) < 4.78 is 0. The van der Waals surface area contributed by atoms with Crippen molar-refractivity contribution in [2.24, 2.45) is 0 Å². The van der Waals surface area contributed by atoms with Crippen LogP contribution < -0.4 is 0 Å². The maximum Gasteiger partial charge on any atom is 0.112 e. The minimum atomic E-state index is -1.09. The molecule has 0 heterocycles. The van der Waals surface area contributed by atoms with Crippen molar-refractivity contribution in [3.05, 3.63) is 70.8 Å². The monoisotopic (exact) mass is 265 g/mol. The minimum absolute atomic E-state index is 0.468. The van der Waals surface area contributed by atoms with E-state index in [9.17, 15) is 5.11 Å². The summed E-state index contributed by atoms with van der Waals surface area (Å²) in [6.45, 7) is 6.04. The zero-order valence-electron chi connectivity index (χ0n) is 12.1. The first-order chi connectivity index (χ1) is 9.45. The van der Waals surface area contributed by atoms with Crippen molar-refractivity contribution < 1.29 is 5.11 Å². The first kappa shape index (κ1) is 14.3. The highest BCUT2D eigenvalue weighted by Gasteiger charge is 2.25. The van der Waals surface area contributed by atoms with Crippen LogP contribution in [0.2, 0.25) is 0 Å². The lowest BCUT2D eigenvalue weighted by Gasteiger charge is -2.25. The van der Waals surface area contributed by atoms with Gasteiger partial charge in [0.25, 0.3) is 0 Å². The van der Waals surface area contributed by atoms with Crippen LogP contribution in [0.25, 0.3) is 0 Å². The predicted molar refractivity (Wildman–Crippen MR) is 80.4 cm³/mol. The minimum Gasteiger partial charge on any atom is -0.381 e. The Morgan fingerprint density at radius 1 is 1.05 bits per heavy atom. The SMILES string of the molecule is CC(C)c1ccc(C(C)(O)c2cccc(C#N)c2)cc1. The van der Waals surface area contributed by atoms with Crippen LogP contribution in [-0.2, 0) is 5.60 Å². The lowest BCUT2D eigenvalue weighted by atomic mass is 9.86. The van der Waals surface area contributed by atoms with Crippen molar-refractivity contribution >= 4 is 0 Å². The Bertz CT molecular complexity index is 633. The molecule has 2 aromatic carbocycles. The van der Waals surface area contributed by atoms with Crippen molar-refractivity contribution in [3.8, 4) is 6.07 Å². The summed E-state index contributed by atoms with van der Waals surface area (Å²) in [6, 6.07) is 17.2. The van der Waals surface area contributed by atoms with E-state index in [0.29, 0.717) is 11.5 Å². The van der Waals surface area contributed by atoms with Crippen LogP contribution in [0, 0.1) is 11.3 Å². The highest BCUT2D eigenvalue weighted by Crippen LogP contribution is 2.30. The number of hydrogen-bond donors (Lipinski definition) is 1. The van der Waals surface area contributed by atoms with Gasteiger partial charge in [-0.1, -0.05) is 50.2 Å². The summed E-state index contributed by atoms with van der Waals surface area (Å²) in [5.74, 6) is 0.468. The molecule has 0 aliphatic carbocycles. The van der Waals surface area contributed by atoms with Crippen LogP contribution in [-0.4, -0.2) is 5.11 Å². The second-order valence-electron chi connectivity index (χ2n) is 5.54. The molecule has 1 atom stereocenters. The third-order valence-corrected chi connectivity index (χ3v) is 3.69. The van der Waals surface area contributed by atoms with Gasteiger partial charge in [-0.15, -0.1) is 0 Å². The molecule has 0 aromatic heterocycles. The molecule has 2 heteroatoms. The van der Waals surface area contributed by atoms with Crippen molar-refractivity contribution in [2.45, 2.75) is 32.3 Å². The zero-order chi connectivity index (χ0) is 14.8. The largest absolute Gasteiger partial charge is 0.381 e. The molecule has 0 radical (unpaired) electrons. The number of nitriles is 1. The standard InChI is InChI=1S/C18H19NO/c1-13(2)15-7-9-16(10-8-15)18(3,20)17-6-4-5-14(11-17)12-19/h4-11,13,20H,1-3H3. The fraction of sp³-hybridized carbons (Fsp3) is 0.278. The summed E-state index contributed by atoms with van der Waals surface area (Å²) in [5.41, 5.74) is 2.27. The Morgan fingerprint density at radius 2 is 1.70 bits per heavy atom. The maximum atomic E-state index is 10.8. The van der Waals surface area contributed by atoms with Gasteiger partial charge in [0.05, 0.1) is 11.6 Å². The highest BCUT2D eigenvalue weighted by molar-refractivity contribution is 5.41. The normalized spacial score (nSPS) is 13.8. The highest BCUT2D eigenvalue weighted by atomic mass is 16.3. The summed E-state index contributed by atoms with van der Waals surface area (Å²) in [4.78, 5) is 0. The molecule has 20 heavy (non-hydrogen) atoms. The molecule has 0 amide bonds. The average molecular weight is 265 g/mol. The maximum absolute atomic E-state index is 10.8. The van der Waals surface area contributed by atoms with Crippen molar-refractivity contribution in [3.63, 3.8) is 0 Å². The molecule has 0 spiro atoms. The Balaban J connectivity index is 2.40. The summed E-state index contributed by atoms with van der Waals surface area (Å²) in [5, 5.41) is 19.8. The van der Waals surface area contributed by atoms with E-state index >= 15 is 0 Å². The van der Waals surface area contributed by atoms with E-state index < -0.39 is 5.60 Å². The smallest absolute Gasteiger partial charge is 0.112 e. The van der Waals surface area contributed by atoms with Crippen molar-refractivity contribution in [2.75, 3.05) is 0 Å². The second kappa shape index (κ2) is 5.48. The average Bonchev–Trinajstić information content (AvgIpc) is 2.47. The van der Waals surface area contributed by atoms with E-state index in [-0.39, 0.29) is 0 Å². The zero-order valence-corrected chi connectivity index (χ0v) is 12.1. The number of nitrogens with zero attached hydrogens (tertiary/aromatic N) is 1. The summed E-state index contributed by atoms with van der Waals surface area (Å²) in [6.07, 6.45) is 0. The van der Waals surface area contributed by atoms with Gasteiger partial charge < -0.3 is 5.11 Å². The molecule has 0 saturated carbocycles. The van der Waals surface area contributed by atoms with Crippen molar-refractivity contribution in [1.82, 2.24) is 0 Å². The molecule has 2 nitrogen and oxygen atoms in total. The Labute approximate surface area is 120 Å². The Morgan fingerprint density at radius 3 is 2.25 bits per heavy atom. The van der Waals surface area contributed by atoms with Gasteiger partial charge in [0.1, 0.15) is 5.60 Å². The number of benzene rings is 2. The lowest BCUT2D eigenvalue weighted by molar-refractivity contribution is 0.102. The van der Waals surface area contributed by atoms with E-state index in [1.807, 2.05) is 30.3 Å². The third-order valence-electron chi connectivity index (χ3n) is 3.69. The Kier molecular flexibility index (Phi) is 3.92. The molecule has 102 valence electrons. The van der Waals surface area contributed by atoms with Crippen LogP contribution in [0.15, 0.2) is 48.5 Å². The lowest BCUT2D eigenvalue weighted by Crippen LogP contribution is -2.22. The Hall–Kier alpha value is -2.11. The second-order valence-corrected chi connectivity index (χ2v) is 5.54. The molecule has 2 rings (SSSR count). The van der Waals surface area contributed by atoms with Crippen LogP contribution in [0.5, 0.6) is 0 Å². The predicted octanol–water partition coefficient (Wildman–Crippen LogP) is 3.94. The van der Waals surface area contributed by atoms with E-state index in [2.05, 4.69) is 19.9 Å². The first-order valence-electron chi connectivity index (χ1n) is 6.78. The van der Waals surface area contributed by atoms with Gasteiger partial charge >= 0.3 is 0 Å². The summed E-state index contributed by atoms with van der Waals surface area (Å²) >= 11 is 0. The third kappa shape index (κ3) is 2.74.